The van der Waals surface area contributed by atoms with Crippen LogP contribution in [0, 0.1) is 11.6 Å². The van der Waals surface area contributed by atoms with Crippen molar-refractivity contribution in [2.24, 2.45) is 0 Å². The Kier molecular flexibility index (Phi) is 18.1. The highest BCUT2D eigenvalue weighted by Gasteiger charge is 2.37. The quantitative estimate of drug-likeness (QED) is 0.0591. The zero-order valence-corrected chi connectivity index (χ0v) is 41.4. The minimum atomic E-state index is -0.767. The molecule has 6 aromatic rings. The molecule has 2 heterocycles. The third-order valence-electron chi connectivity index (χ3n) is 12.0. The Morgan fingerprint density at radius 1 is 0.676 bits per heavy atom. The average Bonchev–Trinajstić information content (AvgIpc) is 4.07. The highest BCUT2D eigenvalue weighted by molar-refractivity contribution is 7.14. The van der Waals surface area contributed by atoms with Gasteiger partial charge in [0.05, 0.1) is 39.6 Å². The molecule has 8 rings (SSSR count). The van der Waals surface area contributed by atoms with E-state index in [4.69, 9.17) is 19.2 Å². The van der Waals surface area contributed by atoms with Gasteiger partial charge >= 0.3 is 19.6 Å². The Morgan fingerprint density at radius 3 is 1.61 bits per heavy atom. The van der Waals surface area contributed by atoms with Gasteiger partial charge in [-0.3, -0.25) is 9.59 Å². The summed E-state index contributed by atoms with van der Waals surface area (Å²) in [6, 6.07) is 14.9. The fraction of sp³-hybridized carbons (Fsp3) is 0.320. The van der Waals surface area contributed by atoms with Crippen molar-refractivity contribution >= 4 is 64.4 Å². The van der Waals surface area contributed by atoms with Gasteiger partial charge in [-0.15, -0.1) is 22.7 Å². The molecule has 71 heavy (non-hydrogen) atoms. The first kappa shape index (κ1) is 53.3. The third kappa shape index (κ3) is 13.4. The summed E-state index contributed by atoms with van der Waals surface area (Å²) in [5.74, 6) is -1.37. The number of carbonyl (C=O) groups excluding carboxylic acids is 4. The lowest BCUT2D eigenvalue weighted by Crippen LogP contribution is -2.32. The highest BCUT2D eigenvalue weighted by atomic mass is 32.1. The summed E-state index contributed by atoms with van der Waals surface area (Å²) in [6.45, 7) is 4.14. The van der Waals surface area contributed by atoms with E-state index in [1.165, 1.54) is 54.0 Å². The number of aryl methyl sites for hydroxylation is 2. The molecule has 0 bridgehead atoms. The smallest absolute Gasteiger partial charge is 0.537 e. The molecule has 2 aliphatic carbocycles. The van der Waals surface area contributed by atoms with E-state index in [-0.39, 0.29) is 52.0 Å². The van der Waals surface area contributed by atoms with Crippen LogP contribution in [0.25, 0.3) is 0 Å². The van der Waals surface area contributed by atoms with Gasteiger partial charge in [-0.1, -0.05) is 13.8 Å². The van der Waals surface area contributed by atoms with E-state index in [2.05, 4.69) is 48.6 Å². The van der Waals surface area contributed by atoms with Gasteiger partial charge in [0, 0.05) is 59.0 Å². The number of hydrogen-bond acceptors (Lipinski definition) is 16. The third-order valence-corrected chi connectivity index (χ3v) is 13.4. The first-order valence-electron chi connectivity index (χ1n) is 22.1. The van der Waals surface area contributed by atoms with Gasteiger partial charge in [-0.25, -0.2) is 28.3 Å². The van der Waals surface area contributed by atoms with Crippen molar-refractivity contribution in [3.63, 3.8) is 0 Å². The minimum Gasteiger partial charge on any atom is -0.537 e. The van der Waals surface area contributed by atoms with Gasteiger partial charge in [-0.2, -0.15) is 0 Å². The van der Waals surface area contributed by atoms with E-state index in [1.54, 1.807) is 32.7 Å². The molecule has 4 N–H and O–H groups in total. The van der Waals surface area contributed by atoms with Crippen LogP contribution in [0.5, 0.6) is 34.5 Å². The number of amides is 2. The number of phenolic OH excluding ortho intramolecular Hbond substituents is 1. The number of phenols is 1. The van der Waals surface area contributed by atoms with Crippen LogP contribution >= 0.6 is 22.7 Å². The Morgan fingerprint density at radius 2 is 1.15 bits per heavy atom. The van der Waals surface area contributed by atoms with Crippen LogP contribution in [0.3, 0.4) is 0 Å². The molecule has 0 fully saturated rings. The average molecular weight is 1010 g/mol. The molecule has 0 unspecified atom stereocenters. The molecule has 1 radical (unpaired) electrons. The van der Waals surface area contributed by atoms with E-state index >= 15 is 0 Å². The number of carbonyl (C=O) groups is 4. The molecule has 16 nitrogen and oxygen atoms in total. The van der Waals surface area contributed by atoms with Gasteiger partial charge in [0.1, 0.15) is 23.1 Å². The SMILES string of the molecule is COC(=O)c1ccc(O[B]O)cc1F.COC(=O)c1ccc(Oc2cc3c(cc2OC)CCC[C@]3(C)CC(=O)Nc2nccs2)cc1F.COc1cc2c(cc1O)[C@@](C)(CC(=O)Nc1nccs1)CCC2. The van der Waals surface area contributed by atoms with Crippen molar-refractivity contribution in [3.8, 4) is 34.5 Å². The number of aromatic nitrogens is 2. The monoisotopic (exact) mass is 1010 g/mol. The topological polar surface area (TPSA) is 214 Å². The number of hydrogen-bond donors (Lipinski definition) is 4. The lowest BCUT2D eigenvalue weighted by molar-refractivity contribution is -0.118. The molecule has 2 aliphatic rings. The number of halogens is 2. The largest absolute Gasteiger partial charge is 0.569 e. The summed E-state index contributed by atoms with van der Waals surface area (Å²) in [5, 5.41) is 28.9. The zero-order chi connectivity index (χ0) is 51.3. The van der Waals surface area contributed by atoms with Crippen LogP contribution in [-0.4, -0.2) is 80.0 Å². The molecule has 4 aromatic carbocycles. The summed E-state index contributed by atoms with van der Waals surface area (Å²) in [6.07, 6.45) is 9.47. The second kappa shape index (κ2) is 24.2. The number of thiazole rings is 2. The molecular formula is C50H52BF2N4O12S2. The summed E-state index contributed by atoms with van der Waals surface area (Å²) >= 11 is 2.78. The Balaban J connectivity index is 0.000000192. The predicted molar refractivity (Wildman–Crippen MR) is 263 cm³/mol. The summed E-state index contributed by atoms with van der Waals surface area (Å²) in [4.78, 5) is 55.9. The maximum atomic E-state index is 14.4. The van der Waals surface area contributed by atoms with Crippen LogP contribution in [0.15, 0.2) is 83.8 Å². The lowest BCUT2D eigenvalue weighted by Gasteiger charge is -2.36. The summed E-state index contributed by atoms with van der Waals surface area (Å²) in [7, 11) is 5.86. The van der Waals surface area contributed by atoms with Gasteiger partial charge in [0.25, 0.3) is 0 Å². The molecule has 2 atom stereocenters. The van der Waals surface area contributed by atoms with Crippen molar-refractivity contribution in [3.05, 3.63) is 129 Å². The Labute approximate surface area is 417 Å². The number of anilines is 2. The van der Waals surface area contributed by atoms with E-state index in [9.17, 15) is 33.1 Å². The number of ether oxygens (including phenoxy) is 5. The molecule has 0 aliphatic heterocycles. The van der Waals surface area contributed by atoms with Crippen molar-refractivity contribution in [1.82, 2.24) is 9.97 Å². The fourth-order valence-corrected chi connectivity index (χ4v) is 9.69. The number of rotatable bonds is 14. The summed E-state index contributed by atoms with van der Waals surface area (Å²) in [5.41, 5.74) is 3.20. The number of nitrogens with zero attached hydrogens (tertiary/aromatic N) is 2. The molecule has 2 amide bonds. The Bertz CT molecular complexity index is 2840. The van der Waals surface area contributed by atoms with Gasteiger partial charge < -0.3 is 49.1 Å². The van der Waals surface area contributed by atoms with Crippen molar-refractivity contribution in [1.29, 1.82) is 0 Å². The number of fused-ring (bicyclic) bond motifs is 2. The highest BCUT2D eigenvalue weighted by Crippen LogP contribution is 2.46. The molecule has 373 valence electrons. The second-order valence-electron chi connectivity index (χ2n) is 16.9. The lowest BCUT2D eigenvalue weighted by atomic mass is 9.69. The summed E-state index contributed by atoms with van der Waals surface area (Å²) < 4.78 is 57.7. The fourth-order valence-electron chi connectivity index (χ4n) is 8.60. The zero-order valence-electron chi connectivity index (χ0n) is 39.8. The molecular weight excluding hydrogens is 962 g/mol. The molecule has 0 saturated heterocycles. The van der Waals surface area contributed by atoms with Gasteiger partial charge in [0.2, 0.25) is 11.8 Å². The van der Waals surface area contributed by atoms with E-state index in [1.807, 2.05) is 29.0 Å². The standard InChI is InChI=1S/C25H25FN2O5S.C17H20N2O3S.C8H7BFO4/c1-25(14-22(29)28-24-27-9-10-34-24)8-4-5-15-11-20(31-2)21(13-18(15)25)33-16-6-7-17(19(26)12-16)23(30)32-3;1-17(10-15(21)19-16-18-6-7-23-16)5-3-4-11-8-14(22-2)13(20)9-12(11)17;1-13-8(11)6-3-2-5(14-9-12)4-7(6)10/h6-7,9-13H,4-5,8,14H2,1-3H3,(H,27,28,29);6-9,20H,3-5,10H2,1-2H3,(H,18,19,21);2-4,12H,1H3/t25-;17-;/m11./s1. The van der Waals surface area contributed by atoms with E-state index < -0.39 is 29.0 Å². The minimum absolute atomic E-state index is 0.0504. The predicted octanol–water partition coefficient (Wildman–Crippen LogP) is 9.49. The molecule has 0 saturated carbocycles. The molecule has 2 aromatic heterocycles. The van der Waals surface area contributed by atoms with Crippen LogP contribution in [0.4, 0.5) is 19.0 Å². The number of methoxy groups -OCH3 is 4. The number of esters is 2. The van der Waals surface area contributed by atoms with E-state index in [0.717, 1.165) is 80.0 Å². The van der Waals surface area contributed by atoms with Gasteiger partial charge in [0.15, 0.2) is 33.3 Å². The Hall–Kier alpha value is -7.10. The van der Waals surface area contributed by atoms with Crippen molar-refractivity contribution in [2.45, 2.75) is 76.0 Å². The van der Waals surface area contributed by atoms with Gasteiger partial charge in [-0.05, 0) is 109 Å². The second-order valence-corrected chi connectivity index (χ2v) is 18.7. The van der Waals surface area contributed by atoms with Crippen LogP contribution in [-0.2, 0) is 42.7 Å². The first-order chi connectivity index (χ1) is 34.0. The maximum Gasteiger partial charge on any atom is 0.569 e. The molecule has 21 heteroatoms. The van der Waals surface area contributed by atoms with Crippen LogP contribution in [0.1, 0.15) is 95.3 Å². The van der Waals surface area contributed by atoms with Crippen LogP contribution in [0.2, 0.25) is 0 Å². The normalized spacial score (nSPS) is 16.4. The molecule has 0 spiro atoms. The number of aromatic hydroxyl groups is 1. The van der Waals surface area contributed by atoms with Crippen LogP contribution < -0.4 is 29.5 Å². The number of benzene rings is 4. The van der Waals surface area contributed by atoms with Crippen molar-refractivity contribution < 1.29 is 66.4 Å². The number of nitrogens with one attached hydrogen (secondary N) is 2. The maximum absolute atomic E-state index is 14.4. The van der Waals surface area contributed by atoms with E-state index in [0.29, 0.717) is 41.6 Å². The first-order valence-corrected chi connectivity index (χ1v) is 23.9. The van der Waals surface area contributed by atoms with Crippen molar-refractivity contribution in [2.75, 3.05) is 39.1 Å².